The van der Waals surface area contributed by atoms with Crippen LogP contribution in [0.5, 0.6) is 0 Å². The minimum absolute atomic E-state index is 0.267. The van der Waals surface area contributed by atoms with E-state index in [1.54, 1.807) is 7.11 Å². The van der Waals surface area contributed by atoms with Crippen LogP contribution in [0.15, 0.2) is 30.3 Å². The molecule has 1 fully saturated rings. The summed E-state index contributed by atoms with van der Waals surface area (Å²) in [5.74, 6) is 0. The molecule has 0 spiro atoms. The number of nitriles is 1. The zero-order chi connectivity index (χ0) is 13.0. The first-order valence-corrected chi connectivity index (χ1v) is 6.19. The van der Waals surface area contributed by atoms with Gasteiger partial charge in [-0.05, 0) is 12.0 Å². The molecule has 1 aliphatic rings. The first kappa shape index (κ1) is 13.0. The second-order valence-electron chi connectivity index (χ2n) is 4.83. The fraction of sp³-hybridized carbons (Fsp3) is 0.500. The monoisotopic (exact) mass is 245 g/mol. The third-order valence-corrected chi connectivity index (χ3v) is 3.52. The molecule has 4 nitrogen and oxygen atoms in total. The second-order valence-corrected chi connectivity index (χ2v) is 4.83. The molecule has 4 heteroatoms. The van der Waals surface area contributed by atoms with Crippen LogP contribution >= 0.6 is 0 Å². The number of hydrogen-bond acceptors (Lipinski definition) is 4. The van der Waals surface area contributed by atoms with Crippen molar-refractivity contribution in [1.29, 1.82) is 5.26 Å². The molecule has 0 bridgehead atoms. The summed E-state index contributed by atoms with van der Waals surface area (Å²) in [6.45, 7) is 2.34. The number of methoxy groups -OCH3 is 1. The predicted molar refractivity (Wildman–Crippen MR) is 69.8 cm³/mol. The lowest BCUT2D eigenvalue weighted by molar-refractivity contribution is 0.106. The number of ether oxygens (including phenoxy) is 1. The topological polar surface area (TPSA) is 62.3 Å². The molecule has 1 aromatic rings. The van der Waals surface area contributed by atoms with Gasteiger partial charge in [-0.15, -0.1) is 0 Å². The van der Waals surface area contributed by atoms with Crippen molar-refractivity contribution < 1.29 is 4.74 Å². The van der Waals surface area contributed by atoms with Gasteiger partial charge in [0.15, 0.2) is 0 Å². The standard InChI is InChI=1S/C14H19N3O/c1-18-13-7-8-17(9-13)11-14(16,10-15)12-5-3-2-4-6-12/h2-6,13H,7-9,11,16H2,1H3. The maximum absolute atomic E-state index is 9.39. The maximum Gasteiger partial charge on any atom is 0.142 e. The second kappa shape index (κ2) is 5.49. The highest BCUT2D eigenvalue weighted by molar-refractivity contribution is 5.31. The molecule has 1 saturated heterocycles. The molecule has 2 atom stereocenters. The van der Waals surface area contributed by atoms with Gasteiger partial charge in [0.2, 0.25) is 0 Å². The zero-order valence-corrected chi connectivity index (χ0v) is 10.7. The van der Waals surface area contributed by atoms with Crippen LogP contribution in [-0.4, -0.2) is 37.7 Å². The lowest BCUT2D eigenvalue weighted by atomic mass is 9.92. The van der Waals surface area contributed by atoms with Gasteiger partial charge < -0.3 is 10.5 Å². The highest BCUT2D eigenvalue weighted by Gasteiger charge is 2.33. The van der Waals surface area contributed by atoms with Gasteiger partial charge in [-0.2, -0.15) is 5.26 Å². The molecule has 1 aromatic carbocycles. The first-order valence-electron chi connectivity index (χ1n) is 6.19. The number of benzene rings is 1. The summed E-state index contributed by atoms with van der Waals surface area (Å²) in [4.78, 5) is 2.20. The Hall–Kier alpha value is -1.41. The largest absolute Gasteiger partial charge is 0.380 e. The van der Waals surface area contributed by atoms with Gasteiger partial charge in [-0.3, -0.25) is 4.90 Å². The minimum atomic E-state index is -0.941. The van der Waals surface area contributed by atoms with Gasteiger partial charge in [0.05, 0.1) is 12.2 Å². The molecular weight excluding hydrogens is 226 g/mol. The Kier molecular flexibility index (Phi) is 3.97. The summed E-state index contributed by atoms with van der Waals surface area (Å²) < 4.78 is 5.33. The third-order valence-electron chi connectivity index (χ3n) is 3.52. The fourth-order valence-electron chi connectivity index (χ4n) is 2.41. The smallest absolute Gasteiger partial charge is 0.142 e. The normalized spacial score (nSPS) is 23.5. The van der Waals surface area contributed by atoms with Gasteiger partial charge in [0.1, 0.15) is 5.54 Å². The highest BCUT2D eigenvalue weighted by Crippen LogP contribution is 2.22. The minimum Gasteiger partial charge on any atom is -0.380 e. The van der Waals surface area contributed by atoms with E-state index >= 15 is 0 Å². The maximum atomic E-state index is 9.39. The van der Waals surface area contributed by atoms with E-state index < -0.39 is 5.54 Å². The molecular formula is C14H19N3O. The van der Waals surface area contributed by atoms with E-state index in [4.69, 9.17) is 10.5 Å². The third kappa shape index (κ3) is 2.70. The quantitative estimate of drug-likeness (QED) is 0.862. The molecule has 2 unspecified atom stereocenters. The Morgan fingerprint density at radius 1 is 1.50 bits per heavy atom. The van der Waals surface area contributed by atoms with Crippen molar-refractivity contribution in [2.24, 2.45) is 5.73 Å². The van der Waals surface area contributed by atoms with Crippen molar-refractivity contribution in [2.75, 3.05) is 26.7 Å². The molecule has 1 heterocycles. The summed E-state index contributed by atoms with van der Waals surface area (Å²) in [5, 5.41) is 9.39. The molecule has 0 radical (unpaired) electrons. The molecule has 0 saturated carbocycles. The molecule has 96 valence electrons. The Bertz CT molecular complexity index is 428. The fourth-order valence-corrected chi connectivity index (χ4v) is 2.41. The molecule has 0 aromatic heterocycles. The summed E-state index contributed by atoms with van der Waals surface area (Å²) in [6.07, 6.45) is 1.27. The van der Waals surface area contributed by atoms with E-state index in [2.05, 4.69) is 11.0 Å². The molecule has 0 amide bonds. The Balaban J connectivity index is 2.08. The van der Waals surface area contributed by atoms with Crippen molar-refractivity contribution in [3.05, 3.63) is 35.9 Å². The number of nitrogens with zero attached hydrogens (tertiary/aromatic N) is 2. The van der Waals surface area contributed by atoms with E-state index in [-0.39, 0.29) is 6.10 Å². The lowest BCUT2D eigenvalue weighted by Crippen LogP contribution is -2.46. The SMILES string of the molecule is COC1CCN(CC(N)(C#N)c2ccccc2)C1. The Morgan fingerprint density at radius 2 is 2.22 bits per heavy atom. The predicted octanol–water partition coefficient (Wildman–Crippen LogP) is 1.08. The van der Waals surface area contributed by atoms with Gasteiger partial charge in [0, 0.05) is 26.7 Å². The first-order chi connectivity index (χ1) is 8.68. The summed E-state index contributed by atoms with van der Waals surface area (Å²) >= 11 is 0. The van der Waals surface area contributed by atoms with Crippen LogP contribution in [0.1, 0.15) is 12.0 Å². The lowest BCUT2D eigenvalue weighted by Gasteiger charge is -2.27. The average molecular weight is 245 g/mol. The van der Waals surface area contributed by atoms with E-state index in [0.29, 0.717) is 6.54 Å². The van der Waals surface area contributed by atoms with Crippen LogP contribution < -0.4 is 5.73 Å². The molecule has 2 rings (SSSR count). The molecule has 0 aliphatic carbocycles. The molecule has 2 N–H and O–H groups in total. The zero-order valence-electron chi connectivity index (χ0n) is 10.7. The van der Waals surface area contributed by atoms with Crippen molar-refractivity contribution >= 4 is 0 Å². The number of likely N-dealkylation sites (tertiary alicyclic amines) is 1. The summed E-state index contributed by atoms with van der Waals surface area (Å²) in [7, 11) is 1.73. The van der Waals surface area contributed by atoms with E-state index in [1.807, 2.05) is 30.3 Å². The van der Waals surface area contributed by atoms with Crippen molar-refractivity contribution in [3.63, 3.8) is 0 Å². The van der Waals surface area contributed by atoms with Crippen LogP contribution in [-0.2, 0) is 10.3 Å². The molecule has 18 heavy (non-hydrogen) atoms. The van der Waals surface area contributed by atoms with E-state index in [1.165, 1.54) is 0 Å². The number of rotatable bonds is 4. The Morgan fingerprint density at radius 3 is 2.78 bits per heavy atom. The number of hydrogen-bond donors (Lipinski definition) is 1. The van der Waals surface area contributed by atoms with Gasteiger partial charge >= 0.3 is 0 Å². The van der Waals surface area contributed by atoms with E-state index in [9.17, 15) is 5.26 Å². The van der Waals surface area contributed by atoms with Crippen LogP contribution in [0.25, 0.3) is 0 Å². The highest BCUT2D eigenvalue weighted by atomic mass is 16.5. The number of nitrogens with two attached hydrogens (primary N) is 1. The van der Waals surface area contributed by atoms with Gasteiger partial charge in [-0.25, -0.2) is 0 Å². The Labute approximate surface area is 108 Å². The van der Waals surface area contributed by atoms with Crippen molar-refractivity contribution in [3.8, 4) is 6.07 Å². The summed E-state index contributed by atoms with van der Waals surface area (Å²) in [5.41, 5.74) is 6.17. The van der Waals surface area contributed by atoms with Crippen molar-refractivity contribution in [1.82, 2.24) is 4.90 Å². The average Bonchev–Trinajstić information content (AvgIpc) is 2.87. The van der Waals surface area contributed by atoms with Crippen LogP contribution in [0.2, 0.25) is 0 Å². The summed E-state index contributed by atoms with van der Waals surface area (Å²) in [6, 6.07) is 11.8. The van der Waals surface area contributed by atoms with Crippen molar-refractivity contribution in [2.45, 2.75) is 18.1 Å². The van der Waals surface area contributed by atoms with Crippen LogP contribution in [0.4, 0.5) is 0 Å². The van der Waals surface area contributed by atoms with E-state index in [0.717, 1.165) is 25.1 Å². The van der Waals surface area contributed by atoms with Gasteiger partial charge in [0.25, 0.3) is 0 Å². The van der Waals surface area contributed by atoms with Gasteiger partial charge in [-0.1, -0.05) is 30.3 Å². The van der Waals surface area contributed by atoms with Crippen LogP contribution in [0, 0.1) is 11.3 Å². The van der Waals surface area contributed by atoms with Crippen LogP contribution in [0.3, 0.4) is 0 Å². The molecule has 1 aliphatic heterocycles.